The van der Waals surface area contributed by atoms with Crippen LogP contribution in [0.1, 0.15) is 42.7 Å². The molecule has 0 saturated carbocycles. The topological polar surface area (TPSA) is 82.4 Å². The van der Waals surface area contributed by atoms with Crippen LogP contribution >= 0.6 is 11.3 Å². The predicted molar refractivity (Wildman–Crippen MR) is 137 cm³/mol. The van der Waals surface area contributed by atoms with Crippen LogP contribution in [-0.2, 0) is 27.9 Å². The number of hydrogen-bond acceptors (Lipinski definition) is 8. The molecule has 3 aromatic rings. The van der Waals surface area contributed by atoms with Crippen LogP contribution < -0.4 is 4.90 Å². The second-order valence-corrected chi connectivity index (χ2v) is 11.6. The van der Waals surface area contributed by atoms with Crippen LogP contribution in [0.3, 0.4) is 0 Å². The summed E-state index contributed by atoms with van der Waals surface area (Å²) < 4.78 is 4.83. The highest BCUT2D eigenvalue weighted by atomic mass is 32.1. The van der Waals surface area contributed by atoms with E-state index in [9.17, 15) is 10.1 Å². The second-order valence-electron chi connectivity index (χ2n) is 10.4. The van der Waals surface area contributed by atoms with Crippen LogP contribution in [-0.4, -0.2) is 54.1 Å². The molecule has 4 heterocycles. The minimum atomic E-state index is -0.460. The maximum atomic E-state index is 11.7. The fourth-order valence-electron chi connectivity index (χ4n) is 5.41. The molecular formula is C27H31N5O2S. The highest BCUT2D eigenvalue weighted by Crippen LogP contribution is 2.43. The lowest BCUT2D eigenvalue weighted by molar-refractivity contribution is -0.139. The number of likely N-dealkylation sites (tertiary alicyclic amines) is 1. The molecule has 2 aliphatic rings. The smallest absolute Gasteiger partial charge is 0.310 e. The molecule has 0 radical (unpaired) electrons. The number of esters is 1. The average Bonchev–Trinajstić information content (AvgIpc) is 3.57. The quantitative estimate of drug-likeness (QED) is 0.477. The number of anilines is 1. The Morgan fingerprint density at radius 3 is 2.71 bits per heavy atom. The van der Waals surface area contributed by atoms with E-state index in [0.717, 1.165) is 65.6 Å². The summed E-state index contributed by atoms with van der Waals surface area (Å²) in [6.45, 7) is 9.01. The Morgan fingerprint density at radius 2 is 1.97 bits per heavy atom. The minimum absolute atomic E-state index is 0.236. The van der Waals surface area contributed by atoms with Crippen molar-refractivity contribution < 1.29 is 9.53 Å². The van der Waals surface area contributed by atoms with Crippen molar-refractivity contribution in [3.63, 3.8) is 0 Å². The summed E-state index contributed by atoms with van der Waals surface area (Å²) in [7, 11) is 1.42. The largest absolute Gasteiger partial charge is 0.469 e. The van der Waals surface area contributed by atoms with Crippen LogP contribution in [0.25, 0.3) is 10.2 Å². The summed E-state index contributed by atoms with van der Waals surface area (Å²) in [6, 6.07) is 13.0. The van der Waals surface area contributed by atoms with Gasteiger partial charge in [-0.2, -0.15) is 5.26 Å². The molecule has 2 saturated heterocycles. The Hall–Kier alpha value is -3.02. The van der Waals surface area contributed by atoms with Gasteiger partial charge in [0.15, 0.2) is 0 Å². The third-order valence-corrected chi connectivity index (χ3v) is 8.57. The van der Waals surface area contributed by atoms with Crippen molar-refractivity contribution in [3.8, 4) is 6.07 Å². The molecule has 182 valence electrons. The summed E-state index contributed by atoms with van der Waals surface area (Å²) in [5.41, 5.74) is 2.18. The van der Waals surface area contributed by atoms with Gasteiger partial charge in [-0.3, -0.25) is 9.69 Å². The first-order valence-electron chi connectivity index (χ1n) is 12.1. The maximum Gasteiger partial charge on any atom is 0.310 e. The zero-order chi connectivity index (χ0) is 24.6. The molecule has 8 heteroatoms. The number of methoxy groups -OCH3 is 1. The van der Waals surface area contributed by atoms with Gasteiger partial charge in [0.25, 0.3) is 0 Å². The normalized spacial score (nSPS) is 20.6. The first-order chi connectivity index (χ1) is 16.8. The van der Waals surface area contributed by atoms with Crippen molar-refractivity contribution in [2.24, 2.45) is 5.41 Å². The molecule has 1 unspecified atom stereocenters. The van der Waals surface area contributed by atoms with E-state index in [1.165, 1.54) is 30.4 Å². The van der Waals surface area contributed by atoms with Crippen molar-refractivity contribution in [3.05, 3.63) is 52.7 Å². The number of carbonyl (C=O) groups excluding carboxylic acids is 1. The molecule has 1 aromatic carbocycles. The summed E-state index contributed by atoms with van der Waals surface area (Å²) in [4.78, 5) is 27.7. The van der Waals surface area contributed by atoms with E-state index in [0.29, 0.717) is 0 Å². The SMILES string of the molecule is COC(=O)Cc1cc2c(N3CCC4(CCN(Cc5ccc(C(C)(C)C#N)cc5)C4)C3)ncnc2s1. The number of nitriles is 1. The molecule has 0 N–H and O–H groups in total. The van der Waals surface area contributed by atoms with Crippen LogP contribution in [0.4, 0.5) is 5.82 Å². The first-order valence-corrected chi connectivity index (χ1v) is 12.9. The third-order valence-electron chi connectivity index (χ3n) is 7.52. The number of aromatic nitrogens is 2. The Bertz CT molecular complexity index is 1280. The number of fused-ring (bicyclic) bond motifs is 1. The fourth-order valence-corrected chi connectivity index (χ4v) is 6.38. The summed E-state index contributed by atoms with van der Waals surface area (Å²) in [5.74, 6) is 0.744. The molecular weight excluding hydrogens is 458 g/mol. The van der Waals surface area contributed by atoms with Gasteiger partial charge in [0, 0.05) is 36.5 Å². The van der Waals surface area contributed by atoms with Crippen molar-refractivity contribution in [2.75, 3.05) is 38.2 Å². The highest BCUT2D eigenvalue weighted by Gasteiger charge is 2.44. The number of nitrogens with zero attached hydrogens (tertiary/aromatic N) is 5. The van der Waals surface area contributed by atoms with E-state index in [1.807, 2.05) is 13.8 Å². The number of carbonyl (C=O) groups is 1. The first kappa shape index (κ1) is 23.7. The van der Waals surface area contributed by atoms with Gasteiger partial charge >= 0.3 is 5.97 Å². The summed E-state index contributed by atoms with van der Waals surface area (Å²) >= 11 is 1.54. The molecule has 0 amide bonds. The standard InChI is InChI=1S/C27H31N5O2S/c1-26(2,15-28)20-6-4-19(5-7-20)14-31-10-8-27(16-31)9-11-32(17-27)24-22-12-21(13-23(33)34-3)35-25(22)30-18-29-24/h4-7,12,18H,8-11,13-14,16-17H2,1-3H3. The lowest BCUT2D eigenvalue weighted by Gasteiger charge is -2.25. The van der Waals surface area contributed by atoms with E-state index >= 15 is 0 Å². The Kier molecular flexibility index (Phi) is 6.24. The molecule has 0 bridgehead atoms. The molecule has 2 aliphatic heterocycles. The lowest BCUT2D eigenvalue weighted by Crippen LogP contribution is -2.31. The second kappa shape index (κ2) is 9.21. The Balaban J connectivity index is 1.26. The number of hydrogen-bond donors (Lipinski definition) is 0. The molecule has 0 aliphatic carbocycles. The van der Waals surface area contributed by atoms with E-state index in [1.54, 1.807) is 6.33 Å². The third kappa shape index (κ3) is 4.75. The van der Waals surface area contributed by atoms with Crippen molar-refractivity contribution in [1.29, 1.82) is 5.26 Å². The molecule has 2 fully saturated rings. The van der Waals surface area contributed by atoms with Crippen molar-refractivity contribution in [2.45, 2.75) is 45.1 Å². The van der Waals surface area contributed by atoms with Crippen LogP contribution in [0.2, 0.25) is 0 Å². The molecule has 2 aromatic heterocycles. The van der Waals surface area contributed by atoms with Crippen LogP contribution in [0.5, 0.6) is 0 Å². The summed E-state index contributed by atoms with van der Waals surface area (Å²) in [5, 5.41) is 10.4. The van der Waals surface area contributed by atoms with Gasteiger partial charge < -0.3 is 9.64 Å². The number of thiophene rings is 1. The van der Waals surface area contributed by atoms with Gasteiger partial charge in [0.05, 0.1) is 30.4 Å². The van der Waals surface area contributed by atoms with Gasteiger partial charge in [-0.25, -0.2) is 9.97 Å². The molecule has 1 spiro atoms. The maximum absolute atomic E-state index is 11.7. The van der Waals surface area contributed by atoms with Gasteiger partial charge in [-0.1, -0.05) is 24.3 Å². The zero-order valence-corrected chi connectivity index (χ0v) is 21.4. The molecule has 7 nitrogen and oxygen atoms in total. The van der Waals surface area contributed by atoms with E-state index in [-0.39, 0.29) is 17.8 Å². The average molecular weight is 490 g/mol. The van der Waals surface area contributed by atoms with Crippen molar-refractivity contribution >= 4 is 33.3 Å². The molecule has 1 atom stereocenters. The Labute approximate surface area is 210 Å². The van der Waals surface area contributed by atoms with Crippen molar-refractivity contribution in [1.82, 2.24) is 14.9 Å². The van der Waals surface area contributed by atoms with Crippen LogP contribution in [0.15, 0.2) is 36.7 Å². The van der Waals surface area contributed by atoms with Crippen LogP contribution in [0, 0.1) is 16.7 Å². The highest BCUT2D eigenvalue weighted by molar-refractivity contribution is 7.18. The predicted octanol–water partition coefficient (Wildman–Crippen LogP) is 4.31. The Morgan fingerprint density at radius 1 is 1.20 bits per heavy atom. The number of rotatable bonds is 6. The van der Waals surface area contributed by atoms with Gasteiger partial charge in [0.1, 0.15) is 17.0 Å². The van der Waals surface area contributed by atoms with E-state index in [4.69, 9.17) is 4.74 Å². The fraction of sp³-hybridized carbons (Fsp3) is 0.481. The summed E-state index contributed by atoms with van der Waals surface area (Å²) in [6.07, 6.45) is 4.25. The van der Waals surface area contributed by atoms with E-state index < -0.39 is 5.41 Å². The minimum Gasteiger partial charge on any atom is -0.469 e. The molecule has 5 rings (SSSR count). The van der Waals surface area contributed by atoms with E-state index in [2.05, 4.69) is 56.2 Å². The zero-order valence-electron chi connectivity index (χ0n) is 20.6. The van der Waals surface area contributed by atoms with Gasteiger partial charge in [0.2, 0.25) is 0 Å². The van der Waals surface area contributed by atoms with Gasteiger partial charge in [-0.05, 0) is 50.4 Å². The monoisotopic (exact) mass is 489 g/mol. The molecule has 35 heavy (non-hydrogen) atoms. The number of benzene rings is 1. The van der Waals surface area contributed by atoms with Gasteiger partial charge in [-0.15, -0.1) is 11.3 Å². The number of ether oxygens (including phenoxy) is 1. The lowest BCUT2D eigenvalue weighted by atomic mass is 9.86.